The number of para-hydroxylation sites is 3. The van der Waals surface area contributed by atoms with Crippen molar-refractivity contribution in [3.8, 4) is 17.4 Å². The highest BCUT2D eigenvalue weighted by atomic mass is 32.1. The van der Waals surface area contributed by atoms with E-state index in [1.54, 1.807) is 11.3 Å². The Bertz CT molecular complexity index is 3760. The lowest BCUT2D eigenvalue weighted by atomic mass is 10.0. The zero-order valence-corrected chi connectivity index (χ0v) is 32.9. The molecule has 9 aromatic carbocycles. The Kier molecular flexibility index (Phi) is 7.46. The predicted octanol–water partition coefficient (Wildman–Crippen LogP) is 15.3. The number of hydrogen-bond donors (Lipinski definition) is 0. The van der Waals surface area contributed by atoms with Crippen LogP contribution in [0.3, 0.4) is 0 Å². The fourth-order valence-corrected chi connectivity index (χ4v) is 10.6. The van der Waals surface area contributed by atoms with Crippen molar-refractivity contribution in [1.82, 2.24) is 9.13 Å². The molecule has 6 heteroatoms. The summed E-state index contributed by atoms with van der Waals surface area (Å²) in [6.45, 7) is 8.69. The Morgan fingerprint density at radius 3 is 1.92 bits per heavy atom. The molecule has 60 heavy (non-hydrogen) atoms. The van der Waals surface area contributed by atoms with Crippen LogP contribution in [0.2, 0.25) is 0 Å². The molecule has 0 fully saturated rings. The van der Waals surface area contributed by atoms with Gasteiger partial charge in [-0.3, -0.25) is 0 Å². The topological polar surface area (TPSA) is 41.2 Å². The average Bonchev–Trinajstić information content (AvgIpc) is 3.97. The third-order valence-corrected chi connectivity index (χ3v) is 13.1. The van der Waals surface area contributed by atoms with E-state index in [0.29, 0.717) is 22.6 Å². The number of rotatable bonds is 5. The minimum Gasteiger partial charge on any atom is -0.318 e. The summed E-state index contributed by atoms with van der Waals surface area (Å²) in [5, 5.41) is 20.2. The fourth-order valence-electron chi connectivity index (χ4n) is 9.37. The van der Waals surface area contributed by atoms with Crippen LogP contribution in [0.25, 0.3) is 90.8 Å². The second-order valence-electron chi connectivity index (χ2n) is 15.1. The number of anilines is 3. The lowest BCUT2D eigenvalue weighted by molar-refractivity contribution is 1.14. The first-order valence-electron chi connectivity index (χ1n) is 19.9. The average molecular weight is 782 g/mol. The molecule has 12 aromatic rings. The highest BCUT2D eigenvalue weighted by Crippen LogP contribution is 2.46. The number of aromatic nitrogens is 2. The summed E-state index contributed by atoms with van der Waals surface area (Å²) < 4.78 is 6.78. The second-order valence-corrected chi connectivity index (χ2v) is 16.1. The van der Waals surface area contributed by atoms with Crippen LogP contribution in [0.4, 0.5) is 22.7 Å². The molecule has 0 aliphatic rings. The molecule has 0 aliphatic carbocycles. The van der Waals surface area contributed by atoms with Crippen molar-refractivity contribution in [3.63, 3.8) is 0 Å². The van der Waals surface area contributed by atoms with Gasteiger partial charge < -0.3 is 14.0 Å². The summed E-state index contributed by atoms with van der Waals surface area (Å²) in [7, 11) is 0. The molecule has 0 radical (unpaired) electrons. The molecule has 0 amide bonds. The predicted molar refractivity (Wildman–Crippen MR) is 251 cm³/mol. The summed E-state index contributed by atoms with van der Waals surface area (Å²) in [5.74, 6) is 0. The molecular weight excluding hydrogens is 751 g/mol. The Hall–Kier alpha value is -8.16. The monoisotopic (exact) mass is 781 g/mol. The van der Waals surface area contributed by atoms with E-state index < -0.39 is 0 Å². The van der Waals surface area contributed by atoms with Crippen molar-refractivity contribution in [2.75, 3.05) is 4.90 Å². The lowest BCUT2D eigenvalue weighted by Crippen LogP contribution is -2.09. The number of fused-ring (bicyclic) bond motifs is 12. The van der Waals surface area contributed by atoms with Gasteiger partial charge >= 0.3 is 0 Å². The molecule has 0 saturated heterocycles. The third-order valence-electron chi connectivity index (χ3n) is 11.9. The zero-order chi connectivity index (χ0) is 39.9. The summed E-state index contributed by atoms with van der Waals surface area (Å²) in [4.78, 5) is 6.50. The summed E-state index contributed by atoms with van der Waals surface area (Å²) in [6, 6.07) is 68.0. The number of hydrogen-bond acceptors (Lipinski definition) is 3. The third kappa shape index (κ3) is 4.90. The lowest BCUT2D eigenvalue weighted by Gasteiger charge is -2.25. The van der Waals surface area contributed by atoms with Gasteiger partial charge in [0.1, 0.15) is 6.07 Å². The molecule has 0 N–H and O–H groups in total. The van der Waals surface area contributed by atoms with Crippen molar-refractivity contribution < 1.29 is 0 Å². The maximum atomic E-state index is 11.1. The zero-order valence-electron chi connectivity index (χ0n) is 32.0. The Morgan fingerprint density at radius 2 is 1.15 bits per heavy atom. The van der Waals surface area contributed by atoms with E-state index in [4.69, 9.17) is 6.57 Å². The van der Waals surface area contributed by atoms with Crippen molar-refractivity contribution in [1.29, 1.82) is 5.26 Å². The van der Waals surface area contributed by atoms with Gasteiger partial charge in [-0.25, -0.2) is 4.85 Å². The van der Waals surface area contributed by atoms with Crippen LogP contribution in [-0.2, 0) is 0 Å². The quantitative estimate of drug-likeness (QED) is 0.163. The second kappa shape index (κ2) is 13.2. The minimum absolute atomic E-state index is 0.469. The highest BCUT2D eigenvalue weighted by molar-refractivity contribution is 7.26. The van der Waals surface area contributed by atoms with Crippen LogP contribution >= 0.6 is 11.3 Å². The molecule has 0 aliphatic heterocycles. The van der Waals surface area contributed by atoms with Gasteiger partial charge in [0.05, 0.1) is 50.3 Å². The van der Waals surface area contributed by atoms with Gasteiger partial charge in [-0.2, -0.15) is 5.26 Å². The number of thiophene rings is 1. The van der Waals surface area contributed by atoms with E-state index in [-0.39, 0.29) is 0 Å². The van der Waals surface area contributed by atoms with Crippen molar-refractivity contribution in [3.05, 3.63) is 205 Å². The normalized spacial score (nSPS) is 11.6. The molecule has 0 saturated carbocycles. The smallest absolute Gasteiger partial charge is 0.212 e. The van der Waals surface area contributed by atoms with Crippen molar-refractivity contribution in [2.45, 2.75) is 0 Å². The Labute approximate surface area is 348 Å². The SMILES string of the molecule is [C-]#[N+]c1cc(-n2c3ccc(N(c4ccccc4)c4ccccc4)cc3c3c4ccccc4ccc32)c(C#N)cc1-n1c2ccccc2c2ccc3c4ccccc4sc3c21. The first-order chi connectivity index (χ1) is 29.7. The summed E-state index contributed by atoms with van der Waals surface area (Å²) in [5.41, 5.74) is 9.41. The largest absolute Gasteiger partial charge is 0.318 e. The first kappa shape index (κ1) is 33.9. The number of nitriles is 1. The minimum atomic E-state index is 0.469. The molecule has 0 bridgehead atoms. The Morgan fingerprint density at radius 1 is 0.500 bits per heavy atom. The first-order valence-corrected chi connectivity index (χ1v) is 20.7. The van der Waals surface area contributed by atoms with Gasteiger partial charge in [0.25, 0.3) is 0 Å². The molecule has 3 heterocycles. The van der Waals surface area contributed by atoms with Gasteiger partial charge in [0, 0.05) is 54.1 Å². The van der Waals surface area contributed by atoms with Crippen LogP contribution in [0.1, 0.15) is 5.56 Å². The van der Waals surface area contributed by atoms with Gasteiger partial charge in [0.2, 0.25) is 5.69 Å². The van der Waals surface area contributed by atoms with Crippen LogP contribution in [0.15, 0.2) is 188 Å². The van der Waals surface area contributed by atoms with Crippen molar-refractivity contribution >= 4 is 109 Å². The van der Waals surface area contributed by atoms with Crippen LogP contribution in [-0.4, -0.2) is 9.13 Å². The Balaban J connectivity index is 1.15. The molecule has 0 spiro atoms. The van der Waals surface area contributed by atoms with Crippen LogP contribution in [0.5, 0.6) is 0 Å². The van der Waals surface area contributed by atoms with Gasteiger partial charge in [-0.05, 0) is 83.6 Å². The van der Waals surface area contributed by atoms with Gasteiger partial charge in [0.15, 0.2) is 0 Å². The summed E-state index contributed by atoms with van der Waals surface area (Å²) in [6.07, 6.45) is 0. The van der Waals surface area contributed by atoms with Crippen LogP contribution in [0, 0.1) is 17.9 Å². The van der Waals surface area contributed by atoms with Crippen molar-refractivity contribution in [2.24, 2.45) is 0 Å². The maximum Gasteiger partial charge on any atom is 0.212 e. The highest BCUT2D eigenvalue weighted by Gasteiger charge is 2.24. The van der Waals surface area contributed by atoms with E-state index in [0.717, 1.165) is 76.1 Å². The van der Waals surface area contributed by atoms with Gasteiger partial charge in [-0.15, -0.1) is 11.3 Å². The molecule has 0 atom stereocenters. The molecular formula is C54H31N5S. The van der Waals surface area contributed by atoms with Crippen LogP contribution < -0.4 is 4.90 Å². The summed E-state index contributed by atoms with van der Waals surface area (Å²) >= 11 is 1.77. The van der Waals surface area contributed by atoms with E-state index in [2.05, 4.69) is 183 Å². The maximum absolute atomic E-state index is 11.1. The molecule has 0 unspecified atom stereocenters. The molecule has 3 aromatic heterocycles. The van der Waals surface area contributed by atoms with E-state index >= 15 is 0 Å². The van der Waals surface area contributed by atoms with E-state index in [1.807, 2.05) is 30.3 Å². The standard InChI is InChI=1S/C54H31N5S/c1-56-45-32-49(35(33-55)30-50(45)59-46-22-12-10-20-40(46)42-26-27-43-41-21-11-13-23-51(41)60-54(43)53(42)59)58-47-29-25-38(57(36-15-4-2-5-16-36)37-17-6-3-7-18-37)31-44(47)52-39-19-9-8-14-34(39)24-28-48(52)58/h2-32H. The number of nitrogens with zero attached hydrogens (tertiary/aromatic N) is 5. The van der Waals surface area contributed by atoms with E-state index in [1.165, 1.54) is 15.5 Å². The fraction of sp³-hybridized carbons (Fsp3) is 0. The molecule has 5 nitrogen and oxygen atoms in total. The molecule has 12 rings (SSSR count). The van der Waals surface area contributed by atoms with Gasteiger partial charge in [-0.1, -0.05) is 115 Å². The molecule has 278 valence electrons. The van der Waals surface area contributed by atoms with E-state index in [9.17, 15) is 5.26 Å². The number of benzene rings is 9.